The summed E-state index contributed by atoms with van der Waals surface area (Å²) in [5, 5.41) is 0. The second kappa shape index (κ2) is 8.99. The van der Waals surface area contributed by atoms with Gasteiger partial charge in [-0.15, -0.1) is 4.99 Å². The number of piperazine rings is 1. The summed E-state index contributed by atoms with van der Waals surface area (Å²) >= 11 is 0. The zero-order chi connectivity index (χ0) is 20.8. The van der Waals surface area contributed by atoms with Crippen LogP contribution < -0.4 is 26.0 Å². The van der Waals surface area contributed by atoms with Gasteiger partial charge in [0.05, 0.1) is 19.5 Å². The first-order chi connectivity index (χ1) is 14.0. The Morgan fingerprint density at radius 2 is 1.83 bits per heavy atom. The Bertz CT molecular complexity index is 881. The first kappa shape index (κ1) is 20.0. The van der Waals surface area contributed by atoms with Gasteiger partial charge < -0.3 is 30.7 Å². The Labute approximate surface area is 166 Å². The maximum atomic E-state index is 14.8. The third-order valence-corrected chi connectivity index (χ3v) is 4.23. The van der Waals surface area contributed by atoms with Crippen molar-refractivity contribution < 1.29 is 18.7 Å². The fourth-order valence-electron chi connectivity index (χ4n) is 2.78. The molecule has 0 unspecified atom stereocenters. The van der Waals surface area contributed by atoms with Crippen LogP contribution in [-0.4, -0.2) is 60.3 Å². The lowest BCUT2D eigenvalue weighted by molar-refractivity contribution is 0.149. The first-order valence-corrected chi connectivity index (χ1v) is 8.73. The highest BCUT2D eigenvalue weighted by molar-refractivity contribution is 5.87. The monoisotopic (exact) mass is 404 g/mol. The zero-order valence-electron chi connectivity index (χ0n) is 15.8. The summed E-state index contributed by atoms with van der Waals surface area (Å²) in [4.78, 5) is 31.1. The molecule has 0 aliphatic carbocycles. The molecule has 29 heavy (non-hydrogen) atoms. The molecule has 11 nitrogen and oxygen atoms in total. The normalized spacial score (nSPS) is 13.7. The number of guanidine groups is 1. The molecule has 0 spiro atoms. The third kappa shape index (κ3) is 4.97. The van der Waals surface area contributed by atoms with E-state index in [0.717, 1.165) is 0 Å². The van der Waals surface area contributed by atoms with Crippen LogP contribution in [0.1, 0.15) is 5.56 Å². The molecular formula is C17H21FN8O3. The molecule has 2 aromatic rings. The summed E-state index contributed by atoms with van der Waals surface area (Å²) in [6, 6.07) is 1.43. The van der Waals surface area contributed by atoms with E-state index in [1.54, 1.807) is 19.5 Å². The number of anilines is 2. The molecule has 1 aliphatic rings. The van der Waals surface area contributed by atoms with Crippen LogP contribution in [0.25, 0.3) is 0 Å². The standard InChI is InChI=1S/C17H21FN8O3/c1-28-12-8-22-16(23-9-12)26-6-4-25(5-7-26)14-13(18)11(2-3-21-14)10-29-17(27)24-15(19)20/h2-3,8-9H,4-7,10H2,1H3,(H4,19,20,24,27). The highest BCUT2D eigenvalue weighted by Crippen LogP contribution is 2.23. The van der Waals surface area contributed by atoms with E-state index in [1.807, 2.05) is 9.80 Å². The molecule has 12 heteroatoms. The molecule has 154 valence electrons. The van der Waals surface area contributed by atoms with Crippen molar-refractivity contribution in [3.8, 4) is 5.75 Å². The largest absolute Gasteiger partial charge is 0.494 e. The third-order valence-electron chi connectivity index (χ3n) is 4.23. The predicted octanol–water partition coefficient (Wildman–Crippen LogP) is 0.256. The fourth-order valence-corrected chi connectivity index (χ4v) is 2.78. The molecule has 0 aromatic carbocycles. The number of carbonyl (C=O) groups is 1. The number of nitrogens with zero attached hydrogens (tertiary/aromatic N) is 6. The van der Waals surface area contributed by atoms with E-state index in [9.17, 15) is 9.18 Å². The van der Waals surface area contributed by atoms with Gasteiger partial charge in [0.25, 0.3) is 0 Å². The van der Waals surface area contributed by atoms with Gasteiger partial charge in [0.1, 0.15) is 6.61 Å². The molecule has 0 atom stereocenters. The van der Waals surface area contributed by atoms with Gasteiger partial charge in [-0.25, -0.2) is 24.1 Å². The number of methoxy groups -OCH3 is 1. The van der Waals surface area contributed by atoms with Crippen LogP contribution >= 0.6 is 0 Å². The van der Waals surface area contributed by atoms with Gasteiger partial charge in [0.15, 0.2) is 23.3 Å². The summed E-state index contributed by atoms with van der Waals surface area (Å²) in [6.45, 7) is 1.93. The van der Waals surface area contributed by atoms with Gasteiger partial charge in [-0.3, -0.25) is 0 Å². The summed E-state index contributed by atoms with van der Waals surface area (Å²) in [5.41, 5.74) is 10.4. The van der Waals surface area contributed by atoms with Crippen molar-refractivity contribution >= 4 is 23.8 Å². The van der Waals surface area contributed by atoms with Crippen LogP contribution in [0.15, 0.2) is 29.6 Å². The number of rotatable bonds is 5. The smallest absolute Gasteiger partial charge is 0.437 e. The number of pyridine rings is 1. The van der Waals surface area contributed by atoms with E-state index in [2.05, 4.69) is 19.9 Å². The van der Waals surface area contributed by atoms with Crippen molar-refractivity contribution in [1.29, 1.82) is 0 Å². The van der Waals surface area contributed by atoms with E-state index in [1.165, 1.54) is 12.3 Å². The van der Waals surface area contributed by atoms with Crippen molar-refractivity contribution in [2.75, 3.05) is 43.1 Å². The van der Waals surface area contributed by atoms with E-state index in [0.29, 0.717) is 37.9 Å². The number of aliphatic imine (C=N–C) groups is 1. The summed E-state index contributed by atoms with van der Waals surface area (Å²) in [7, 11) is 1.55. The Morgan fingerprint density at radius 1 is 1.17 bits per heavy atom. The van der Waals surface area contributed by atoms with Crippen molar-refractivity contribution in [2.24, 2.45) is 16.5 Å². The molecule has 1 aliphatic heterocycles. The maximum Gasteiger partial charge on any atom is 0.437 e. The summed E-state index contributed by atoms with van der Waals surface area (Å²) in [5.74, 6) is 0.370. The molecule has 4 N–H and O–H groups in total. The average Bonchev–Trinajstić information content (AvgIpc) is 2.73. The quantitative estimate of drug-likeness (QED) is 0.525. The Kier molecular flexibility index (Phi) is 6.22. The highest BCUT2D eigenvalue weighted by atomic mass is 19.1. The molecule has 0 bridgehead atoms. The summed E-state index contributed by atoms with van der Waals surface area (Å²) < 4.78 is 24.7. The van der Waals surface area contributed by atoms with Crippen LogP contribution in [0.3, 0.4) is 0 Å². The number of nitrogens with two attached hydrogens (primary N) is 2. The minimum Gasteiger partial charge on any atom is -0.494 e. The minimum absolute atomic E-state index is 0.176. The zero-order valence-corrected chi connectivity index (χ0v) is 15.8. The van der Waals surface area contributed by atoms with Gasteiger partial charge in [0, 0.05) is 37.9 Å². The molecule has 3 heterocycles. The van der Waals surface area contributed by atoms with Crippen LogP contribution in [0.5, 0.6) is 5.75 Å². The molecule has 3 rings (SSSR count). The van der Waals surface area contributed by atoms with Crippen molar-refractivity contribution in [3.63, 3.8) is 0 Å². The predicted molar refractivity (Wildman–Crippen MR) is 103 cm³/mol. The lowest BCUT2D eigenvalue weighted by atomic mass is 10.2. The second-order valence-corrected chi connectivity index (χ2v) is 6.10. The van der Waals surface area contributed by atoms with Crippen LogP contribution in [0.4, 0.5) is 21.0 Å². The van der Waals surface area contributed by atoms with Crippen molar-refractivity contribution in [2.45, 2.75) is 6.61 Å². The number of aromatic nitrogens is 3. The van der Waals surface area contributed by atoms with Crippen molar-refractivity contribution in [3.05, 3.63) is 36.0 Å². The molecule has 0 radical (unpaired) electrons. The number of hydrogen-bond acceptors (Lipinski definition) is 8. The van der Waals surface area contributed by atoms with Crippen LogP contribution in [-0.2, 0) is 11.3 Å². The Balaban J connectivity index is 1.63. The molecule has 0 saturated carbocycles. The van der Waals surface area contributed by atoms with Crippen molar-refractivity contribution in [1.82, 2.24) is 15.0 Å². The fraction of sp³-hybridized carbons (Fsp3) is 0.353. The molecule has 1 amide bonds. The Hall–Kier alpha value is -3.70. The molecule has 1 fully saturated rings. The lowest BCUT2D eigenvalue weighted by Gasteiger charge is -2.35. The second-order valence-electron chi connectivity index (χ2n) is 6.10. The maximum absolute atomic E-state index is 14.8. The minimum atomic E-state index is -0.990. The number of amides is 1. The topological polar surface area (TPSA) is 145 Å². The highest BCUT2D eigenvalue weighted by Gasteiger charge is 2.23. The van der Waals surface area contributed by atoms with Gasteiger partial charge in [0.2, 0.25) is 5.95 Å². The van der Waals surface area contributed by atoms with Gasteiger partial charge in [-0.1, -0.05) is 0 Å². The summed E-state index contributed by atoms with van der Waals surface area (Å²) in [6.07, 6.45) is 3.67. The number of halogens is 1. The van der Waals surface area contributed by atoms with E-state index >= 15 is 0 Å². The first-order valence-electron chi connectivity index (χ1n) is 8.73. The van der Waals surface area contributed by atoms with Crippen LogP contribution in [0, 0.1) is 5.82 Å². The lowest BCUT2D eigenvalue weighted by Crippen LogP contribution is -2.47. The van der Waals surface area contributed by atoms with E-state index in [-0.39, 0.29) is 18.0 Å². The number of ether oxygens (including phenoxy) is 2. The van der Waals surface area contributed by atoms with Crippen LogP contribution in [0.2, 0.25) is 0 Å². The van der Waals surface area contributed by atoms with E-state index < -0.39 is 17.9 Å². The number of hydrogen-bond donors (Lipinski definition) is 2. The molecule has 2 aromatic heterocycles. The van der Waals surface area contributed by atoms with Gasteiger partial charge in [-0.2, -0.15) is 0 Å². The van der Waals surface area contributed by atoms with E-state index in [4.69, 9.17) is 20.9 Å². The van der Waals surface area contributed by atoms with Gasteiger partial charge in [-0.05, 0) is 6.07 Å². The number of carbonyl (C=O) groups excluding carboxylic acids is 1. The van der Waals surface area contributed by atoms with Gasteiger partial charge >= 0.3 is 6.09 Å². The molecular weight excluding hydrogens is 383 g/mol. The SMILES string of the molecule is COc1cnc(N2CCN(c3nccc(COC(=O)N=C(N)N)c3F)CC2)nc1. The Morgan fingerprint density at radius 3 is 2.45 bits per heavy atom. The molecule has 1 saturated heterocycles. The average molecular weight is 404 g/mol.